The highest BCUT2D eigenvalue weighted by Gasteiger charge is 2.30. The van der Waals surface area contributed by atoms with Crippen LogP contribution in [0.3, 0.4) is 0 Å². The van der Waals surface area contributed by atoms with Crippen molar-refractivity contribution < 1.29 is 37.4 Å². The first kappa shape index (κ1) is 23.2. The molecule has 2 fully saturated rings. The molecule has 0 atom stereocenters. The number of rotatable bonds is 7. The first-order valence-electron chi connectivity index (χ1n) is 9.01. The standard InChI is InChI=1S/C9H17O5P.C8H14O3/c1-12-15(11,13-2)7-9(10)8-3-5-14-6-4-8;1-2-11-8(9)7-3-5-10-6-4-7/h8H,3-7H2,1-2H3;7H,2-6H2,1H3. The van der Waals surface area contributed by atoms with Crippen molar-refractivity contribution in [2.75, 3.05) is 53.4 Å². The Labute approximate surface area is 155 Å². The van der Waals surface area contributed by atoms with Crippen LogP contribution in [-0.2, 0) is 37.4 Å². The third kappa shape index (κ3) is 8.27. The number of ether oxygens (including phenoxy) is 3. The highest BCUT2D eigenvalue weighted by Crippen LogP contribution is 2.46. The molecule has 0 spiro atoms. The Morgan fingerprint density at radius 2 is 1.38 bits per heavy atom. The van der Waals surface area contributed by atoms with Crippen LogP contribution in [0.15, 0.2) is 0 Å². The zero-order valence-electron chi connectivity index (χ0n) is 15.9. The Hall–Kier alpha value is -0.790. The van der Waals surface area contributed by atoms with Gasteiger partial charge in [-0.25, -0.2) is 0 Å². The van der Waals surface area contributed by atoms with E-state index in [9.17, 15) is 14.2 Å². The summed E-state index contributed by atoms with van der Waals surface area (Å²) in [5.74, 6) is -0.0813. The number of ketones is 1. The van der Waals surface area contributed by atoms with Crippen LogP contribution < -0.4 is 0 Å². The lowest BCUT2D eigenvalue weighted by molar-refractivity contribution is -0.151. The minimum atomic E-state index is -3.19. The van der Waals surface area contributed by atoms with Crippen LogP contribution in [-0.4, -0.2) is 65.2 Å². The number of hydrogen-bond acceptors (Lipinski definition) is 8. The third-order valence-corrected chi connectivity index (χ3v) is 6.24. The second-order valence-corrected chi connectivity index (χ2v) is 8.39. The molecule has 0 saturated carbocycles. The zero-order chi connectivity index (χ0) is 19.4. The predicted octanol–water partition coefficient (Wildman–Crippen LogP) is 2.44. The van der Waals surface area contributed by atoms with Crippen molar-refractivity contribution >= 4 is 19.3 Å². The molecule has 0 bridgehead atoms. The largest absolute Gasteiger partial charge is 0.466 e. The summed E-state index contributed by atoms with van der Waals surface area (Å²) in [7, 11) is -0.608. The van der Waals surface area contributed by atoms with Gasteiger partial charge in [0.1, 0.15) is 11.9 Å². The van der Waals surface area contributed by atoms with Crippen LogP contribution in [0, 0.1) is 11.8 Å². The van der Waals surface area contributed by atoms with Gasteiger partial charge in [-0.3, -0.25) is 14.2 Å². The Bertz CT molecular complexity index is 461. The van der Waals surface area contributed by atoms with Crippen LogP contribution in [0.4, 0.5) is 0 Å². The Balaban J connectivity index is 0.000000273. The van der Waals surface area contributed by atoms with Gasteiger partial charge in [-0.15, -0.1) is 0 Å². The van der Waals surface area contributed by atoms with E-state index in [4.69, 9.17) is 23.3 Å². The molecular weight excluding hydrogens is 363 g/mol. The maximum absolute atomic E-state index is 11.7. The molecule has 2 heterocycles. The monoisotopic (exact) mass is 394 g/mol. The number of carbonyl (C=O) groups excluding carboxylic acids is 2. The quantitative estimate of drug-likeness (QED) is 0.480. The third-order valence-electron chi connectivity index (χ3n) is 4.42. The van der Waals surface area contributed by atoms with Crippen molar-refractivity contribution in [3.63, 3.8) is 0 Å². The summed E-state index contributed by atoms with van der Waals surface area (Å²) in [6, 6.07) is 0. The molecule has 0 aliphatic carbocycles. The van der Waals surface area contributed by atoms with E-state index in [2.05, 4.69) is 0 Å². The summed E-state index contributed by atoms with van der Waals surface area (Å²) >= 11 is 0. The van der Waals surface area contributed by atoms with Crippen molar-refractivity contribution in [2.24, 2.45) is 11.8 Å². The molecule has 0 aromatic carbocycles. The molecule has 2 saturated heterocycles. The summed E-state index contributed by atoms with van der Waals surface area (Å²) in [5, 5.41) is 0. The zero-order valence-corrected chi connectivity index (χ0v) is 16.8. The first-order chi connectivity index (χ1) is 12.5. The van der Waals surface area contributed by atoms with Crippen molar-refractivity contribution in [3.05, 3.63) is 0 Å². The summed E-state index contributed by atoms with van der Waals surface area (Å²) in [4.78, 5) is 22.9. The minimum absolute atomic E-state index is 0.0506. The van der Waals surface area contributed by atoms with Gasteiger partial charge in [-0.1, -0.05) is 0 Å². The summed E-state index contributed by atoms with van der Waals surface area (Å²) in [5.41, 5.74) is 0. The molecule has 2 rings (SSSR count). The van der Waals surface area contributed by atoms with Crippen molar-refractivity contribution in [1.29, 1.82) is 0 Å². The highest BCUT2D eigenvalue weighted by molar-refractivity contribution is 7.54. The van der Waals surface area contributed by atoms with E-state index in [-0.39, 0.29) is 29.8 Å². The van der Waals surface area contributed by atoms with E-state index in [0.29, 0.717) is 45.9 Å². The fourth-order valence-electron chi connectivity index (χ4n) is 2.74. The van der Waals surface area contributed by atoms with Gasteiger partial charge in [0.05, 0.1) is 12.5 Å². The highest BCUT2D eigenvalue weighted by atomic mass is 31.2. The Morgan fingerprint density at radius 1 is 0.923 bits per heavy atom. The van der Waals surface area contributed by atoms with Crippen LogP contribution in [0.2, 0.25) is 0 Å². The maximum atomic E-state index is 11.7. The van der Waals surface area contributed by atoms with Crippen molar-refractivity contribution in [2.45, 2.75) is 32.6 Å². The molecular formula is C17H31O8P. The number of hydrogen-bond donors (Lipinski definition) is 0. The Morgan fingerprint density at radius 3 is 1.81 bits per heavy atom. The second kappa shape index (κ2) is 12.6. The lowest BCUT2D eigenvalue weighted by atomic mass is 9.96. The predicted molar refractivity (Wildman–Crippen MR) is 95.2 cm³/mol. The molecule has 0 unspecified atom stereocenters. The van der Waals surface area contributed by atoms with E-state index < -0.39 is 7.60 Å². The van der Waals surface area contributed by atoms with Gasteiger partial charge >= 0.3 is 13.6 Å². The lowest BCUT2D eigenvalue weighted by Crippen LogP contribution is -2.26. The van der Waals surface area contributed by atoms with Gasteiger partial charge in [0.2, 0.25) is 0 Å². The van der Waals surface area contributed by atoms with E-state index in [1.54, 1.807) is 0 Å². The molecule has 2 aliphatic heterocycles. The van der Waals surface area contributed by atoms with Gasteiger partial charge < -0.3 is 23.3 Å². The normalized spacial score (nSPS) is 19.3. The van der Waals surface area contributed by atoms with E-state index in [0.717, 1.165) is 12.8 Å². The number of esters is 1. The van der Waals surface area contributed by atoms with Gasteiger partial charge in [0.25, 0.3) is 0 Å². The van der Waals surface area contributed by atoms with Crippen LogP contribution in [0.1, 0.15) is 32.6 Å². The average Bonchev–Trinajstić information content (AvgIpc) is 2.70. The van der Waals surface area contributed by atoms with Gasteiger partial charge in [-0.05, 0) is 32.6 Å². The summed E-state index contributed by atoms with van der Waals surface area (Å²) < 4.78 is 36.3. The van der Waals surface area contributed by atoms with Crippen molar-refractivity contribution in [1.82, 2.24) is 0 Å². The van der Waals surface area contributed by atoms with Gasteiger partial charge in [0, 0.05) is 46.6 Å². The first-order valence-corrected chi connectivity index (χ1v) is 10.7. The smallest absolute Gasteiger partial charge is 0.337 e. The van der Waals surface area contributed by atoms with E-state index in [1.807, 2.05) is 6.92 Å². The molecule has 9 heteroatoms. The molecule has 0 radical (unpaired) electrons. The van der Waals surface area contributed by atoms with Crippen LogP contribution in [0.5, 0.6) is 0 Å². The van der Waals surface area contributed by atoms with Crippen LogP contribution in [0.25, 0.3) is 0 Å². The molecule has 26 heavy (non-hydrogen) atoms. The molecule has 152 valence electrons. The minimum Gasteiger partial charge on any atom is -0.466 e. The van der Waals surface area contributed by atoms with Gasteiger partial charge in [0.15, 0.2) is 0 Å². The topological polar surface area (TPSA) is 97.4 Å². The number of carbonyl (C=O) groups is 2. The molecule has 0 aromatic heterocycles. The average molecular weight is 394 g/mol. The van der Waals surface area contributed by atoms with E-state index in [1.165, 1.54) is 14.2 Å². The Kier molecular flexibility index (Phi) is 11.2. The fraction of sp³-hybridized carbons (Fsp3) is 0.882. The lowest BCUT2D eigenvalue weighted by Gasteiger charge is -2.22. The second-order valence-electron chi connectivity index (χ2n) is 6.13. The summed E-state index contributed by atoms with van der Waals surface area (Å²) in [6.07, 6.45) is 2.90. The van der Waals surface area contributed by atoms with Crippen LogP contribution >= 0.6 is 7.60 Å². The maximum Gasteiger partial charge on any atom is 0.337 e. The molecule has 0 N–H and O–H groups in total. The molecule has 0 amide bonds. The molecule has 0 aromatic rings. The summed E-state index contributed by atoms with van der Waals surface area (Å²) in [6.45, 7) is 4.90. The molecule has 2 aliphatic rings. The number of Topliss-reactive ketones (excluding diaryl/α,β-unsaturated/α-hetero) is 1. The SMILES string of the molecule is CCOC(=O)C1CCOCC1.COP(=O)(CC(=O)C1CCOCC1)OC. The molecule has 8 nitrogen and oxygen atoms in total. The van der Waals surface area contributed by atoms with Crippen molar-refractivity contribution in [3.8, 4) is 0 Å². The van der Waals surface area contributed by atoms with Gasteiger partial charge in [-0.2, -0.15) is 0 Å². The fourth-order valence-corrected chi connectivity index (χ4v) is 3.78. The van der Waals surface area contributed by atoms with E-state index >= 15 is 0 Å².